The van der Waals surface area contributed by atoms with Gasteiger partial charge in [-0.2, -0.15) is 0 Å². The molecule has 1 aliphatic rings. The van der Waals surface area contributed by atoms with Gasteiger partial charge in [0.05, 0.1) is 33.3 Å². The van der Waals surface area contributed by atoms with E-state index >= 15 is 0 Å². The lowest BCUT2D eigenvalue weighted by Gasteiger charge is -2.20. The van der Waals surface area contributed by atoms with Crippen LogP contribution < -0.4 is 0 Å². The second kappa shape index (κ2) is 12.4. The van der Waals surface area contributed by atoms with Crippen LogP contribution in [0, 0.1) is 0 Å². The average Bonchev–Trinajstić information content (AvgIpc) is 3.84. The number of nitrogens with zero attached hydrogens (tertiary/aromatic N) is 4. The maximum Gasteiger partial charge on any atom is 0.235 e. The zero-order valence-electron chi connectivity index (χ0n) is 32.7. The Labute approximate surface area is 354 Å². The highest BCUT2D eigenvalue weighted by atomic mass is 32.2. The largest absolute Gasteiger partial charge is 0.309 e. The standard InChI is InChI=1S/C56H32N4S/c1-3-12-39-33(10-1)20-21-37-30-38(25-27-40(37)39)59-48-17-7-5-14-42(48)45-31-35(23-28-49(45)59)36-24-29-50-46(32-36)43-26-22-34-11-2-4-13-41(34)55(43)60(50)56-57-47-16-9-19-52-53(47)54(58-56)44-15-6-8-18-51(44)61-52/h1-32H. The number of para-hydroxylation sites is 1. The molecular formula is C56H32N4S. The highest BCUT2D eigenvalue weighted by molar-refractivity contribution is 7.99. The lowest BCUT2D eigenvalue weighted by molar-refractivity contribution is 1.01. The molecule has 14 rings (SSSR count). The quantitative estimate of drug-likeness (QED) is 0.167. The van der Waals surface area contributed by atoms with Gasteiger partial charge < -0.3 is 4.57 Å². The Bertz CT molecular complexity index is 4040. The van der Waals surface area contributed by atoms with Gasteiger partial charge in [0, 0.05) is 53.4 Å². The van der Waals surface area contributed by atoms with E-state index in [4.69, 9.17) is 9.97 Å². The summed E-state index contributed by atoms with van der Waals surface area (Å²) < 4.78 is 4.72. The van der Waals surface area contributed by atoms with E-state index in [1.165, 1.54) is 85.8 Å². The lowest BCUT2D eigenvalue weighted by atomic mass is 10.00. The topological polar surface area (TPSA) is 35.6 Å². The van der Waals surface area contributed by atoms with Crippen LogP contribution in [-0.2, 0) is 0 Å². The molecule has 1 aliphatic heterocycles. The third-order valence-electron chi connectivity index (χ3n) is 12.9. The first-order valence-electron chi connectivity index (χ1n) is 20.7. The van der Waals surface area contributed by atoms with Crippen LogP contribution in [0.1, 0.15) is 0 Å². The molecule has 13 aromatic rings. The van der Waals surface area contributed by atoms with E-state index in [2.05, 4.69) is 203 Å². The molecule has 0 saturated heterocycles. The van der Waals surface area contributed by atoms with E-state index in [9.17, 15) is 0 Å². The summed E-state index contributed by atoms with van der Waals surface area (Å²) in [5, 5.41) is 13.4. The molecular weight excluding hydrogens is 761 g/mol. The van der Waals surface area contributed by atoms with Crippen LogP contribution in [0.25, 0.3) is 121 Å². The van der Waals surface area contributed by atoms with Crippen LogP contribution in [-0.4, -0.2) is 19.1 Å². The Kier molecular flexibility index (Phi) is 6.74. The number of aromatic nitrogens is 4. The molecule has 10 aromatic carbocycles. The molecule has 0 unspecified atom stereocenters. The van der Waals surface area contributed by atoms with Crippen LogP contribution in [0.2, 0.25) is 0 Å². The zero-order chi connectivity index (χ0) is 39.8. The number of benzene rings is 10. The minimum Gasteiger partial charge on any atom is -0.309 e. The molecule has 0 saturated carbocycles. The normalized spacial score (nSPS) is 12.5. The molecule has 0 atom stereocenters. The summed E-state index contributed by atoms with van der Waals surface area (Å²) in [5.74, 6) is 0.682. The van der Waals surface area contributed by atoms with E-state index in [1.54, 1.807) is 11.8 Å². The number of hydrogen-bond donors (Lipinski definition) is 0. The minimum atomic E-state index is 0.682. The Hall–Kier alpha value is -7.73. The molecule has 61 heavy (non-hydrogen) atoms. The second-order valence-corrected chi connectivity index (χ2v) is 17.2. The van der Waals surface area contributed by atoms with Gasteiger partial charge in [-0.25, -0.2) is 9.97 Å². The summed E-state index contributed by atoms with van der Waals surface area (Å²) in [6.07, 6.45) is 0. The maximum absolute atomic E-state index is 5.46. The summed E-state index contributed by atoms with van der Waals surface area (Å²) in [6, 6.07) is 70.9. The third-order valence-corrected chi connectivity index (χ3v) is 14.0. The SMILES string of the molecule is c1ccc2c(c1)Sc1cccc3nc(-n4c5ccc(-c6ccc7c(c6)c6ccccc6n7-c6ccc7c(ccc8ccccc87)c6)cc5c5ccc6ccccc6c54)nc-2c13. The monoisotopic (exact) mass is 792 g/mol. The van der Waals surface area contributed by atoms with Crippen molar-refractivity contribution in [1.82, 2.24) is 19.1 Å². The van der Waals surface area contributed by atoms with E-state index in [-0.39, 0.29) is 0 Å². The highest BCUT2D eigenvalue weighted by Gasteiger charge is 2.25. The van der Waals surface area contributed by atoms with Gasteiger partial charge >= 0.3 is 0 Å². The third kappa shape index (κ3) is 4.72. The summed E-state index contributed by atoms with van der Waals surface area (Å²) in [5.41, 5.74) is 11.2. The molecule has 4 heterocycles. The number of fused-ring (bicyclic) bond motifs is 13. The zero-order valence-corrected chi connectivity index (χ0v) is 33.5. The molecule has 0 amide bonds. The molecule has 0 bridgehead atoms. The van der Waals surface area contributed by atoms with Crippen molar-refractivity contribution in [2.24, 2.45) is 0 Å². The van der Waals surface area contributed by atoms with Gasteiger partial charge in [0.15, 0.2) is 0 Å². The summed E-state index contributed by atoms with van der Waals surface area (Å²) in [6.45, 7) is 0. The Morgan fingerprint density at radius 2 is 1.00 bits per heavy atom. The summed E-state index contributed by atoms with van der Waals surface area (Å²) in [7, 11) is 0. The Morgan fingerprint density at radius 1 is 0.377 bits per heavy atom. The van der Waals surface area contributed by atoms with Crippen LogP contribution in [0.3, 0.4) is 0 Å². The van der Waals surface area contributed by atoms with Crippen LogP contribution in [0.4, 0.5) is 0 Å². The van der Waals surface area contributed by atoms with E-state index in [1.807, 2.05) is 0 Å². The smallest absolute Gasteiger partial charge is 0.235 e. The first-order valence-corrected chi connectivity index (χ1v) is 21.5. The Balaban J connectivity index is 0.976. The average molecular weight is 793 g/mol. The van der Waals surface area contributed by atoms with Crippen molar-refractivity contribution in [3.63, 3.8) is 0 Å². The van der Waals surface area contributed by atoms with Gasteiger partial charge in [0.2, 0.25) is 5.95 Å². The van der Waals surface area contributed by atoms with Crippen LogP contribution in [0.5, 0.6) is 0 Å². The van der Waals surface area contributed by atoms with Crippen molar-refractivity contribution in [2.45, 2.75) is 9.79 Å². The van der Waals surface area contributed by atoms with Crippen molar-refractivity contribution < 1.29 is 0 Å². The van der Waals surface area contributed by atoms with Gasteiger partial charge in [0.25, 0.3) is 0 Å². The van der Waals surface area contributed by atoms with Crippen molar-refractivity contribution in [3.05, 3.63) is 194 Å². The van der Waals surface area contributed by atoms with Crippen LogP contribution in [0.15, 0.2) is 204 Å². The maximum atomic E-state index is 5.46. The summed E-state index contributed by atoms with van der Waals surface area (Å²) >= 11 is 1.80. The molecule has 0 fully saturated rings. The first kappa shape index (κ1) is 33.1. The predicted molar refractivity (Wildman–Crippen MR) is 256 cm³/mol. The van der Waals surface area contributed by atoms with Crippen molar-refractivity contribution in [3.8, 4) is 34.0 Å². The lowest BCUT2D eigenvalue weighted by Crippen LogP contribution is -2.05. The van der Waals surface area contributed by atoms with Gasteiger partial charge in [-0.3, -0.25) is 4.57 Å². The molecule has 282 valence electrons. The van der Waals surface area contributed by atoms with Gasteiger partial charge in [-0.15, -0.1) is 0 Å². The van der Waals surface area contributed by atoms with Gasteiger partial charge in [0.1, 0.15) is 0 Å². The van der Waals surface area contributed by atoms with Crippen molar-refractivity contribution in [1.29, 1.82) is 0 Å². The van der Waals surface area contributed by atoms with E-state index in [0.717, 1.165) is 38.9 Å². The number of hydrogen-bond acceptors (Lipinski definition) is 3. The van der Waals surface area contributed by atoms with Crippen molar-refractivity contribution in [2.75, 3.05) is 0 Å². The molecule has 4 nitrogen and oxygen atoms in total. The fourth-order valence-corrected chi connectivity index (χ4v) is 11.2. The van der Waals surface area contributed by atoms with Crippen LogP contribution >= 0.6 is 11.8 Å². The van der Waals surface area contributed by atoms with Crippen molar-refractivity contribution >= 4 is 98.6 Å². The molecule has 3 aromatic heterocycles. The Morgan fingerprint density at radius 3 is 1.87 bits per heavy atom. The first-order chi connectivity index (χ1) is 30.2. The molecule has 0 aliphatic carbocycles. The molecule has 0 radical (unpaired) electrons. The number of rotatable bonds is 3. The summed E-state index contributed by atoms with van der Waals surface area (Å²) in [4.78, 5) is 13.2. The molecule has 0 N–H and O–H groups in total. The molecule has 5 heteroatoms. The fraction of sp³-hybridized carbons (Fsp3) is 0. The molecule has 0 spiro atoms. The van der Waals surface area contributed by atoms with E-state index in [0.29, 0.717) is 5.95 Å². The second-order valence-electron chi connectivity index (χ2n) is 16.1. The highest BCUT2D eigenvalue weighted by Crippen LogP contribution is 2.47. The fourth-order valence-electron chi connectivity index (χ4n) is 10.1. The minimum absolute atomic E-state index is 0.682. The van der Waals surface area contributed by atoms with E-state index < -0.39 is 0 Å². The predicted octanol–water partition coefficient (Wildman–Crippen LogP) is 15.1. The van der Waals surface area contributed by atoms with Gasteiger partial charge in [-0.05, 0) is 98.7 Å². The van der Waals surface area contributed by atoms with Gasteiger partial charge in [-0.1, -0.05) is 145 Å².